The number of carboxylic acid groups (broad SMARTS) is 1. The number of hydrogen-bond donors (Lipinski definition) is 1. The lowest BCUT2D eigenvalue weighted by molar-refractivity contribution is -0.141. The highest BCUT2D eigenvalue weighted by Crippen LogP contribution is 2.24. The first kappa shape index (κ1) is 15.0. The van der Waals surface area contributed by atoms with Crippen LogP contribution in [-0.4, -0.2) is 54.4 Å². The summed E-state index contributed by atoms with van der Waals surface area (Å²) in [4.78, 5) is 26.6. The van der Waals surface area contributed by atoms with Gasteiger partial charge >= 0.3 is 5.97 Å². The Bertz CT molecular complexity index is 661. The van der Waals surface area contributed by atoms with Crippen LogP contribution < -0.4 is 0 Å². The van der Waals surface area contributed by atoms with Crippen molar-refractivity contribution in [1.29, 1.82) is 0 Å². The molecule has 2 rings (SSSR count). The van der Waals surface area contributed by atoms with E-state index in [2.05, 4.69) is 0 Å². The summed E-state index contributed by atoms with van der Waals surface area (Å²) in [5.41, 5.74) is 0.457. The van der Waals surface area contributed by atoms with Crippen LogP contribution >= 0.6 is 11.3 Å². The van der Waals surface area contributed by atoms with E-state index in [1.165, 1.54) is 11.3 Å². The Balaban J connectivity index is 2.33. The third-order valence-corrected chi connectivity index (χ3v) is 5.84. The van der Waals surface area contributed by atoms with Gasteiger partial charge < -0.3 is 10.0 Å². The lowest BCUT2D eigenvalue weighted by atomic mass is 10.2. The van der Waals surface area contributed by atoms with Gasteiger partial charge in [0.2, 0.25) is 0 Å². The molecule has 0 radical (unpaired) electrons. The lowest BCUT2D eigenvalue weighted by Crippen LogP contribution is -2.54. The standard InChI is InChI=1S/C12H15NO5S2/c1-7-5-9(8(2)19-7)11(14)13-3-4-20(17,18)6-10(13)12(15)16/h5,10H,3-4,6H2,1-2H3,(H,15,16). The average Bonchev–Trinajstić information content (AvgIpc) is 2.66. The number of carboxylic acids is 1. The molecule has 1 saturated heterocycles. The Morgan fingerprint density at radius 1 is 1.40 bits per heavy atom. The first-order valence-corrected chi connectivity index (χ1v) is 8.66. The van der Waals surface area contributed by atoms with Gasteiger partial charge in [0.25, 0.3) is 5.91 Å². The van der Waals surface area contributed by atoms with E-state index in [1.807, 2.05) is 6.92 Å². The Labute approximate surface area is 120 Å². The molecule has 8 heteroatoms. The van der Waals surface area contributed by atoms with Crippen LogP contribution in [0.15, 0.2) is 6.07 Å². The zero-order valence-electron chi connectivity index (χ0n) is 11.1. The molecule has 1 N–H and O–H groups in total. The molecule has 1 amide bonds. The number of sulfone groups is 1. The minimum absolute atomic E-state index is 0.0769. The molecule has 110 valence electrons. The van der Waals surface area contributed by atoms with E-state index < -0.39 is 33.5 Å². The number of carbonyl (C=O) groups is 2. The molecule has 6 nitrogen and oxygen atoms in total. The normalized spacial score (nSPS) is 21.7. The molecule has 20 heavy (non-hydrogen) atoms. The van der Waals surface area contributed by atoms with E-state index in [0.717, 1.165) is 14.7 Å². The van der Waals surface area contributed by atoms with Crippen LogP contribution in [0.4, 0.5) is 0 Å². The molecule has 1 aliphatic rings. The fraction of sp³-hybridized carbons (Fsp3) is 0.500. The monoisotopic (exact) mass is 317 g/mol. The summed E-state index contributed by atoms with van der Waals surface area (Å²) in [5, 5.41) is 9.16. The van der Waals surface area contributed by atoms with Gasteiger partial charge in [0, 0.05) is 16.3 Å². The van der Waals surface area contributed by atoms with Crippen molar-refractivity contribution in [2.75, 3.05) is 18.1 Å². The second-order valence-electron chi connectivity index (χ2n) is 4.79. The number of aryl methyl sites for hydroxylation is 2. The molecular weight excluding hydrogens is 302 g/mol. The molecule has 0 aromatic carbocycles. The van der Waals surface area contributed by atoms with Gasteiger partial charge in [-0.15, -0.1) is 11.3 Å². The van der Waals surface area contributed by atoms with Crippen LogP contribution in [0.1, 0.15) is 20.1 Å². The molecule has 1 aromatic rings. The molecule has 0 aliphatic carbocycles. The predicted molar refractivity (Wildman–Crippen MR) is 74.9 cm³/mol. The Morgan fingerprint density at radius 2 is 2.05 bits per heavy atom. The van der Waals surface area contributed by atoms with Crippen LogP contribution in [0.2, 0.25) is 0 Å². The summed E-state index contributed by atoms with van der Waals surface area (Å²) in [7, 11) is -3.40. The molecule has 2 heterocycles. The largest absolute Gasteiger partial charge is 0.480 e. The van der Waals surface area contributed by atoms with Crippen molar-refractivity contribution in [2.24, 2.45) is 0 Å². The molecule has 0 bridgehead atoms. The summed E-state index contributed by atoms with van der Waals surface area (Å²) in [6.45, 7) is 3.58. The molecule has 1 atom stereocenters. The minimum Gasteiger partial charge on any atom is -0.480 e. The van der Waals surface area contributed by atoms with Crippen molar-refractivity contribution in [1.82, 2.24) is 4.90 Å². The number of thiophene rings is 1. The zero-order chi connectivity index (χ0) is 15.1. The van der Waals surface area contributed by atoms with Crippen LogP contribution in [0.25, 0.3) is 0 Å². The quantitative estimate of drug-likeness (QED) is 0.866. The summed E-state index contributed by atoms with van der Waals surface area (Å²) < 4.78 is 23.1. The van der Waals surface area contributed by atoms with Crippen LogP contribution in [0, 0.1) is 13.8 Å². The van der Waals surface area contributed by atoms with Gasteiger partial charge in [-0.05, 0) is 19.9 Å². The maximum absolute atomic E-state index is 12.4. The van der Waals surface area contributed by atoms with Crippen LogP contribution in [-0.2, 0) is 14.6 Å². The van der Waals surface area contributed by atoms with Crippen LogP contribution in [0.3, 0.4) is 0 Å². The Hall–Kier alpha value is -1.41. The van der Waals surface area contributed by atoms with Crippen molar-refractivity contribution in [3.05, 3.63) is 21.4 Å². The van der Waals surface area contributed by atoms with Crippen molar-refractivity contribution in [3.63, 3.8) is 0 Å². The Morgan fingerprint density at radius 3 is 2.55 bits per heavy atom. The molecule has 0 saturated carbocycles. The summed E-state index contributed by atoms with van der Waals surface area (Å²) >= 11 is 1.46. The summed E-state index contributed by atoms with van der Waals surface area (Å²) in [6.07, 6.45) is 0. The van der Waals surface area contributed by atoms with E-state index in [9.17, 15) is 18.0 Å². The highest BCUT2D eigenvalue weighted by atomic mass is 32.2. The van der Waals surface area contributed by atoms with Crippen molar-refractivity contribution >= 4 is 33.1 Å². The van der Waals surface area contributed by atoms with E-state index in [0.29, 0.717) is 5.56 Å². The second kappa shape index (κ2) is 5.17. The topological polar surface area (TPSA) is 91.8 Å². The second-order valence-corrected chi connectivity index (χ2v) is 8.48. The number of amides is 1. The summed E-state index contributed by atoms with van der Waals surface area (Å²) in [6, 6.07) is 0.408. The fourth-order valence-corrected chi connectivity index (χ4v) is 4.61. The van der Waals surface area contributed by atoms with Gasteiger partial charge in [-0.2, -0.15) is 0 Å². The van der Waals surface area contributed by atoms with E-state index in [4.69, 9.17) is 5.11 Å². The minimum atomic E-state index is -3.40. The number of carbonyl (C=O) groups excluding carboxylic acids is 1. The SMILES string of the molecule is Cc1cc(C(=O)N2CCS(=O)(=O)CC2C(=O)O)c(C)s1. The van der Waals surface area contributed by atoms with Gasteiger partial charge in [-0.1, -0.05) is 0 Å². The van der Waals surface area contributed by atoms with Gasteiger partial charge in [0.15, 0.2) is 9.84 Å². The molecule has 1 aromatic heterocycles. The number of hydrogen-bond acceptors (Lipinski definition) is 5. The third kappa shape index (κ3) is 2.85. The van der Waals surface area contributed by atoms with Crippen molar-refractivity contribution < 1.29 is 23.1 Å². The van der Waals surface area contributed by atoms with Crippen molar-refractivity contribution in [2.45, 2.75) is 19.9 Å². The van der Waals surface area contributed by atoms with E-state index in [1.54, 1.807) is 13.0 Å². The lowest BCUT2D eigenvalue weighted by Gasteiger charge is -2.32. The van der Waals surface area contributed by atoms with Gasteiger partial charge in [0.05, 0.1) is 17.1 Å². The van der Waals surface area contributed by atoms with Gasteiger partial charge in [-0.25, -0.2) is 13.2 Å². The molecule has 0 spiro atoms. The average molecular weight is 317 g/mol. The first-order chi connectivity index (χ1) is 9.21. The maximum Gasteiger partial charge on any atom is 0.327 e. The molecular formula is C12H15NO5S2. The predicted octanol–water partition coefficient (Wildman–Crippen LogP) is 0.689. The molecule has 1 aliphatic heterocycles. The highest BCUT2D eigenvalue weighted by Gasteiger charge is 2.39. The molecule has 1 unspecified atom stereocenters. The fourth-order valence-electron chi connectivity index (χ4n) is 2.25. The van der Waals surface area contributed by atoms with Crippen molar-refractivity contribution in [3.8, 4) is 0 Å². The van der Waals surface area contributed by atoms with E-state index >= 15 is 0 Å². The third-order valence-electron chi connectivity index (χ3n) is 3.25. The number of nitrogens with zero attached hydrogens (tertiary/aromatic N) is 1. The smallest absolute Gasteiger partial charge is 0.327 e. The highest BCUT2D eigenvalue weighted by molar-refractivity contribution is 7.91. The van der Waals surface area contributed by atoms with Gasteiger partial charge in [-0.3, -0.25) is 4.79 Å². The van der Waals surface area contributed by atoms with Crippen LogP contribution in [0.5, 0.6) is 0 Å². The van der Waals surface area contributed by atoms with Gasteiger partial charge in [0.1, 0.15) is 6.04 Å². The van der Waals surface area contributed by atoms with E-state index in [-0.39, 0.29) is 12.3 Å². The number of rotatable bonds is 2. The molecule has 1 fully saturated rings. The summed E-state index contributed by atoms with van der Waals surface area (Å²) in [5.74, 6) is -2.40. The Kier molecular flexibility index (Phi) is 3.88. The zero-order valence-corrected chi connectivity index (χ0v) is 12.8. The first-order valence-electron chi connectivity index (χ1n) is 6.02. The maximum atomic E-state index is 12.4. The number of aliphatic carboxylic acids is 1.